The highest BCUT2D eigenvalue weighted by molar-refractivity contribution is 5.64. The van der Waals surface area contributed by atoms with Crippen molar-refractivity contribution >= 4 is 31.4 Å². The fraction of sp³-hybridized carbons (Fsp3) is 0.881. The topological polar surface area (TPSA) is 222 Å². The fourth-order valence-corrected chi connectivity index (χ4v) is 8.67. The van der Waals surface area contributed by atoms with Crippen LogP contribution in [0, 0.1) is 17.8 Å². The third kappa shape index (κ3) is 16.9. The number of aldehydes is 5. The van der Waals surface area contributed by atoms with Crippen LogP contribution >= 0.6 is 0 Å². The normalized spacial score (nSPS) is 34.4. The van der Waals surface area contributed by atoms with Crippen molar-refractivity contribution in [1.29, 1.82) is 0 Å². The zero-order chi connectivity index (χ0) is 42.3. The maximum atomic E-state index is 13.3. The summed E-state index contributed by atoms with van der Waals surface area (Å²) in [4.78, 5) is 67.2. The number of nitrogens with zero attached hydrogens (tertiary/aromatic N) is 1. The van der Waals surface area contributed by atoms with Crippen LogP contribution in [0.5, 0.6) is 0 Å². The maximum absolute atomic E-state index is 13.3. The highest BCUT2D eigenvalue weighted by Crippen LogP contribution is 2.30. The molecule has 2 fully saturated rings. The molecule has 1 heterocycles. The number of carbonyl (C=O) groups excluding carboxylic acids is 5. The van der Waals surface area contributed by atoms with Crippen molar-refractivity contribution in [1.82, 2.24) is 26.2 Å². The molecule has 1 aliphatic heterocycles. The first-order valence-electron chi connectivity index (χ1n) is 21.6. The van der Waals surface area contributed by atoms with Crippen LogP contribution in [0.2, 0.25) is 0 Å². The summed E-state index contributed by atoms with van der Waals surface area (Å²) in [5.74, 6) is -0.0390. The van der Waals surface area contributed by atoms with Gasteiger partial charge in [-0.2, -0.15) is 0 Å². The Balaban J connectivity index is 2.74. The second-order valence-corrected chi connectivity index (χ2v) is 17.0. The van der Waals surface area contributed by atoms with Gasteiger partial charge >= 0.3 is 0 Å². The molecule has 2 rings (SSSR count). The van der Waals surface area contributed by atoms with Gasteiger partial charge in [-0.25, -0.2) is 0 Å². The predicted octanol–water partition coefficient (Wildman–Crippen LogP) is 0.937. The third-order valence-corrected chi connectivity index (χ3v) is 12.0. The van der Waals surface area contributed by atoms with E-state index in [1.165, 1.54) is 0 Å². The van der Waals surface area contributed by atoms with Crippen LogP contribution < -0.4 is 27.0 Å². The molecule has 0 spiro atoms. The Morgan fingerprint density at radius 1 is 0.842 bits per heavy atom. The van der Waals surface area contributed by atoms with Crippen molar-refractivity contribution in [3.05, 3.63) is 0 Å². The summed E-state index contributed by atoms with van der Waals surface area (Å²) in [6.07, 6.45) is 12.8. The Hall–Kier alpha value is -2.05. The highest BCUT2D eigenvalue weighted by Gasteiger charge is 2.41. The van der Waals surface area contributed by atoms with Gasteiger partial charge in [0, 0.05) is 36.6 Å². The molecular weight excluding hydrogens is 732 g/mol. The number of carbonyl (C=O) groups is 5. The molecule has 2 aliphatic rings. The smallest absolute Gasteiger partial charge is 0.138 e. The summed E-state index contributed by atoms with van der Waals surface area (Å²) < 4.78 is 12.4. The van der Waals surface area contributed by atoms with Gasteiger partial charge in [-0.3, -0.25) is 10.2 Å². The second kappa shape index (κ2) is 28.4. The molecule has 0 bridgehead atoms. The Bertz CT molecular complexity index is 1130. The number of nitrogens with two attached hydrogens (primary N) is 1. The quantitative estimate of drug-likeness (QED) is 0.0713. The summed E-state index contributed by atoms with van der Waals surface area (Å²) in [6.45, 7) is 9.56. The van der Waals surface area contributed by atoms with E-state index in [2.05, 4.69) is 42.0 Å². The molecule has 13 atom stereocenters. The van der Waals surface area contributed by atoms with Crippen molar-refractivity contribution in [2.75, 3.05) is 40.0 Å². The van der Waals surface area contributed by atoms with E-state index in [1.807, 2.05) is 25.8 Å². The lowest BCUT2D eigenvalue weighted by molar-refractivity contribution is -0.121. The van der Waals surface area contributed by atoms with E-state index < -0.39 is 67.1 Å². The maximum Gasteiger partial charge on any atom is 0.138 e. The predicted molar refractivity (Wildman–Crippen MR) is 221 cm³/mol. The number of likely N-dealkylation sites (N-methyl/N-ethyl adjacent to an activating group) is 1. The minimum Gasteiger partial charge on any atom is -0.394 e. The first-order chi connectivity index (χ1) is 27.4. The highest BCUT2D eigenvalue weighted by atomic mass is 16.5. The molecule has 5 unspecified atom stereocenters. The lowest BCUT2D eigenvalue weighted by atomic mass is 9.80. The number of aliphatic hydroxyl groups excluding tert-OH is 2. The molecule has 1 saturated carbocycles. The van der Waals surface area contributed by atoms with E-state index in [-0.39, 0.29) is 56.3 Å². The van der Waals surface area contributed by atoms with E-state index in [4.69, 9.17) is 15.2 Å². The molecule has 0 aromatic heterocycles. The largest absolute Gasteiger partial charge is 0.394 e. The molecule has 0 aromatic carbocycles. The minimum absolute atomic E-state index is 0.0370. The lowest BCUT2D eigenvalue weighted by Crippen LogP contribution is -2.67. The summed E-state index contributed by atoms with van der Waals surface area (Å²) >= 11 is 0. The average molecular weight is 811 g/mol. The molecule has 57 heavy (non-hydrogen) atoms. The zero-order valence-corrected chi connectivity index (χ0v) is 35.6. The molecule has 1 saturated heterocycles. The Kier molecular flexibility index (Phi) is 25.5. The van der Waals surface area contributed by atoms with Crippen molar-refractivity contribution in [3.8, 4) is 0 Å². The van der Waals surface area contributed by atoms with Crippen molar-refractivity contribution in [3.63, 3.8) is 0 Å². The summed E-state index contributed by atoms with van der Waals surface area (Å²) in [7, 11) is 1.90. The van der Waals surface area contributed by atoms with Crippen LogP contribution in [0.15, 0.2) is 0 Å². The van der Waals surface area contributed by atoms with Gasteiger partial charge in [0.15, 0.2) is 0 Å². The van der Waals surface area contributed by atoms with Crippen molar-refractivity contribution < 1.29 is 43.7 Å². The average Bonchev–Trinajstić information content (AvgIpc) is 3.21. The van der Waals surface area contributed by atoms with Gasteiger partial charge in [-0.05, 0) is 51.5 Å². The molecular formula is C42H78N6O9. The number of hydrogen-bond acceptors (Lipinski definition) is 15. The first-order valence-corrected chi connectivity index (χ1v) is 21.6. The molecule has 1 aliphatic carbocycles. The fourth-order valence-electron chi connectivity index (χ4n) is 8.67. The molecule has 8 N–H and O–H groups in total. The number of nitrogens with one attached hydrogen (secondary N) is 4. The monoisotopic (exact) mass is 811 g/mol. The van der Waals surface area contributed by atoms with E-state index >= 15 is 0 Å². The SMILES string of the molecule is CCCCCC[C@H]1OC[C@@H](C)NC(C=O)[C@@H](COC[C@@H](O)CO)NC(C=O)[C@H](CN)NC(C=O)[C@H](C2CCCCC2)NC(C=O)[C@H](CC(C)C)N(C)C(C=O)[C@H]1C. The van der Waals surface area contributed by atoms with Gasteiger partial charge in [-0.15, -0.1) is 0 Å². The number of unbranched alkanes of at least 4 members (excludes halogenated alkanes) is 3. The summed E-state index contributed by atoms with van der Waals surface area (Å²) in [6, 6.07) is -6.90. The zero-order valence-electron chi connectivity index (χ0n) is 35.6. The van der Waals surface area contributed by atoms with E-state index in [0.717, 1.165) is 89.4 Å². The summed E-state index contributed by atoms with van der Waals surface area (Å²) in [5.41, 5.74) is 6.31. The number of hydrogen-bond donors (Lipinski definition) is 7. The van der Waals surface area contributed by atoms with Crippen LogP contribution in [0.1, 0.15) is 105 Å². The molecule has 0 radical (unpaired) electrons. The van der Waals surface area contributed by atoms with Crippen LogP contribution in [0.3, 0.4) is 0 Å². The van der Waals surface area contributed by atoms with Crippen LogP contribution in [0.4, 0.5) is 0 Å². The number of rotatable bonds is 19. The number of ether oxygens (including phenoxy) is 2. The Labute approximate surface area is 342 Å². The molecule has 15 heteroatoms. The molecule has 15 nitrogen and oxygen atoms in total. The molecule has 330 valence electrons. The van der Waals surface area contributed by atoms with Crippen LogP contribution in [0.25, 0.3) is 0 Å². The summed E-state index contributed by atoms with van der Waals surface area (Å²) in [5, 5.41) is 32.9. The second-order valence-electron chi connectivity index (χ2n) is 17.0. The van der Waals surface area contributed by atoms with Crippen molar-refractivity contribution in [2.45, 2.75) is 178 Å². The minimum atomic E-state index is -1.14. The Morgan fingerprint density at radius 3 is 2.04 bits per heavy atom. The van der Waals surface area contributed by atoms with Gasteiger partial charge in [0.25, 0.3) is 0 Å². The van der Waals surface area contributed by atoms with E-state index in [9.17, 15) is 34.2 Å². The first kappa shape index (κ1) is 51.1. The van der Waals surface area contributed by atoms with Gasteiger partial charge in [0.2, 0.25) is 0 Å². The standard InChI is InChI=1S/C42H78N6O9/c1-7-8-9-13-16-41-30(5)40(24-54)48(6)39(17-28(2)3)36(22-52)47-42(31-14-11-10-12-15-31)37(23-53)45-33(18-43)34(20-50)46-38(27-56-26-32(55)19-49)35(21-51)44-29(4)25-57-41/h20-24,28-42,44-47,49,55H,7-19,25-27,43H2,1-6H3/t29-,30-,32+,33+,34?,35?,36?,37?,38-,39+,40?,41-,42+/m1/s1. The van der Waals surface area contributed by atoms with E-state index in [1.54, 1.807) is 0 Å². The Morgan fingerprint density at radius 2 is 1.47 bits per heavy atom. The van der Waals surface area contributed by atoms with Crippen molar-refractivity contribution in [2.24, 2.45) is 23.5 Å². The van der Waals surface area contributed by atoms with Gasteiger partial charge < -0.3 is 65.3 Å². The van der Waals surface area contributed by atoms with Gasteiger partial charge in [0.05, 0.1) is 68.8 Å². The molecule has 0 aromatic rings. The third-order valence-electron chi connectivity index (χ3n) is 12.0. The number of aliphatic hydroxyl groups is 2. The van der Waals surface area contributed by atoms with Crippen LogP contribution in [-0.4, -0.2) is 159 Å². The van der Waals surface area contributed by atoms with Gasteiger partial charge in [-0.1, -0.05) is 72.6 Å². The molecule has 0 amide bonds. The van der Waals surface area contributed by atoms with Gasteiger partial charge in [0.1, 0.15) is 37.5 Å². The van der Waals surface area contributed by atoms with E-state index in [0.29, 0.717) is 12.7 Å². The van der Waals surface area contributed by atoms with Crippen LogP contribution in [-0.2, 0) is 33.4 Å². The lowest BCUT2D eigenvalue weighted by Gasteiger charge is -2.44.